The number of Topliss-reactive ketones (excluding diaryl/α,β-unsaturated/α-hetero) is 1. The molecule has 0 heterocycles. The Morgan fingerprint density at radius 2 is 1.90 bits per heavy atom. The van der Waals surface area contributed by atoms with Gasteiger partial charge in [-0.25, -0.2) is 13.1 Å². The molecule has 1 aromatic rings. The SMILES string of the molecule is CCC(=O)c1cccc(S(=O)(=O)NCC(C)C(C)C)c1. The third-order valence-electron chi connectivity index (χ3n) is 3.52. The van der Waals surface area contributed by atoms with Gasteiger partial charge in [-0.2, -0.15) is 0 Å². The summed E-state index contributed by atoms with van der Waals surface area (Å²) in [5.74, 6) is 0.605. The van der Waals surface area contributed by atoms with E-state index >= 15 is 0 Å². The van der Waals surface area contributed by atoms with Crippen molar-refractivity contribution in [3.05, 3.63) is 29.8 Å². The van der Waals surface area contributed by atoms with Gasteiger partial charge in [-0.15, -0.1) is 0 Å². The summed E-state index contributed by atoms with van der Waals surface area (Å²) in [4.78, 5) is 11.8. The maximum atomic E-state index is 12.2. The zero-order valence-electron chi connectivity index (χ0n) is 12.5. The average Bonchev–Trinajstić information content (AvgIpc) is 2.43. The number of sulfonamides is 1. The van der Waals surface area contributed by atoms with Gasteiger partial charge >= 0.3 is 0 Å². The van der Waals surface area contributed by atoms with Gasteiger partial charge in [0.2, 0.25) is 10.0 Å². The van der Waals surface area contributed by atoms with Crippen molar-refractivity contribution in [1.29, 1.82) is 0 Å². The number of hydrogen-bond donors (Lipinski definition) is 1. The van der Waals surface area contributed by atoms with Gasteiger partial charge in [-0.3, -0.25) is 4.79 Å². The Morgan fingerprint density at radius 1 is 1.25 bits per heavy atom. The second-order valence-corrected chi connectivity index (χ2v) is 7.14. The molecule has 1 aromatic carbocycles. The van der Waals surface area contributed by atoms with Gasteiger partial charge in [0.1, 0.15) is 0 Å². The lowest BCUT2D eigenvalue weighted by molar-refractivity contribution is 0.0988. The van der Waals surface area contributed by atoms with Crippen molar-refractivity contribution >= 4 is 15.8 Å². The number of nitrogens with one attached hydrogen (secondary N) is 1. The van der Waals surface area contributed by atoms with Crippen LogP contribution >= 0.6 is 0 Å². The van der Waals surface area contributed by atoms with E-state index in [0.29, 0.717) is 24.4 Å². The van der Waals surface area contributed by atoms with E-state index in [2.05, 4.69) is 18.6 Å². The van der Waals surface area contributed by atoms with Crippen LogP contribution in [0.2, 0.25) is 0 Å². The molecule has 4 nitrogen and oxygen atoms in total. The van der Waals surface area contributed by atoms with Crippen molar-refractivity contribution < 1.29 is 13.2 Å². The molecule has 1 atom stereocenters. The van der Waals surface area contributed by atoms with E-state index in [1.54, 1.807) is 19.1 Å². The Balaban J connectivity index is 2.90. The van der Waals surface area contributed by atoms with Gasteiger partial charge in [0.05, 0.1) is 4.90 Å². The van der Waals surface area contributed by atoms with Crippen LogP contribution in [0.1, 0.15) is 44.5 Å². The molecule has 1 N–H and O–H groups in total. The minimum absolute atomic E-state index is 0.0578. The predicted molar refractivity (Wildman–Crippen MR) is 80.3 cm³/mol. The molecule has 0 saturated heterocycles. The van der Waals surface area contributed by atoms with Crippen LogP contribution in [0.4, 0.5) is 0 Å². The Bertz CT molecular complexity index is 564. The summed E-state index contributed by atoms with van der Waals surface area (Å²) in [5, 5.41) is 0. The first-order valence-corrected chi connectivity index (χ1v) is 8.39. The molecule has 1 unspecified atom stereocenters. The lowest BCUT2D eigenvalue weighted by Crippen LogP contribution is -2.30. The molecule has 0 saturated carbocycles. The zero-order valence-corrected chi connectivity index (χ0v) is 13.3. The van der Waals surface area contributed by atoms with Crippen LogP contribution in [-0.2, 0) is 10.0 Å². The first-order valence-electron chi connectivity index (χ1n) is 6.90. The molecule has 0 aliphatic rings. The Kier molecular flexibility index (Phi) is 5.89. The second kappa shape index (κ2) is 6.99. The van der Waals surface area contributed by atoms with E-state index in [1.807, 2.05) is 6.92 Å². The average molecular weight is 297 g/mol. The molecule has 0 bridgehead atoms. The maximum Gasteiger partial charge on any atom is 0.240 e. The van der Waals surface area contributed by atoms with Crippen LogP contribution in [0.15, 0.2) is 29.2 Å². The third kappa shape index (κ3) is 4.42. The first-order chi connectivity index (χ1) is 9.27. The molecule has 1 rings (SSSR count). The van der Waals surface area contributed by atoms with Crippen LogP contribution in [0, 0.1) is 11.8 Å². The molecular formula is C15H23NO3S. The van der Waals surface area contributed by atoms with Gasteiger partial charge < -0.3 is 0 Å². The summed E-state index contributed by atoms with van der Waals surface area (Å²) >= 11 is 0. The van der Waals surface area contributed by atoms with E-state index in [0.717, 1.165) is 0 Å². The number of carbonyl (C=O) groups excluding carboxylic acids is 1. The number of benzene rings is 1. The summed E-state index contributed by atoms with van der Waals surface area (Å²) in [7, 11) is -3.56. The van der Waals surface area contributed by atoms with Crippen molar-refractivity contribution in [2.45, 2.75) is 39.0 Å². The summed E-state index contributed by atoms with van der Waals surface area (Å²) in [6, 6.07) is 6.19. The first kappa shape index (κ1) is 16.9. The van der Waals surface area contributed by atoms with Crippen LogP contribution in [0.5, 0.6) is 0 Å². The fraction of sp³-hybridized carbons (Fsp3) is 0.533. The van der Waals surface area contributed by atoms with E-state index < -0.39 is 10.0 Å². The lowest BCUT2D eigenvalue weighted by Gasteiger charge is -2.16. The number of rotatable bonds is 7. The van der Waals surface area contributed by atoms with Crippen molar-refractivity contribution in [1.82, 2.24) is 4.72 Å². The molecule has 0 aliphatic heterocycles. The molecule has 0 aliphatic carbocycles. The van der Waals surface area contributed by atoms with Gasteiger partial charge in [0.25, 0.3) is 0 Å². The van der Waals surface area contributed by atoms with Crippen LogP contribution in [0.25, 0.3) is 0 Å². The Labute approximate surface area is 121 Å². The molecule has 0 spiro atoms. The van der Waals surface area contributed by atoms with Crippen LogP contribution < -0.4 is 4.72 Å². The highest BCUT2D eigenvalue weighted by molar-refractivity contribution is 7.89. The number of carbonyl (C=O) groups is 1. The molecule has 20 heavy (non-hydrogen) atoms. The van der Waals surface area contributed by atoms with Crippen molar-refractivity contribution in [3.63, 3.8) is 0 Å². The molecular weight excluding hydrogens is 274 g/mol. The van der Waals surface area contributed by atoms with Gasteiger partial charge in [-0.05, 0) is 24.0 Å². The summed E-state index contributed by atoms with van der Waals surface area (Å²) in [6.07, 6.45) is 0.362. The Morgan fingerprint density at radius 3 is 2.45 bits per heavy atom. The molecule has 0 amide bonds. The molecule has 0 aromatic heterocycles. The Hall–Kier alpha value is -1.20. The highest BCUT2D eigenvalue weighted by atomic mass is 32.2. The van der Waals surface area contributed by atoms with Crippen molar-refractivity contribution in [2.24, 2.45) is 11.8 Å². The highest BCUT2D eigenvalue weighted by Crippen LogP contribution is 2.14. The zero-order chi connectivity index (χ0) is 15.3. The topological polar surface area (TPSA) is 63.2 Å². The van der Waals surface area contributed by atoms with Gasteiger partial charge in [0.15, 0.2) is 5.78 Å². The number of ketones is 1. The largest absolute Gasteiger partial charge is 0.294 e. The predicted octanol–water partition coefficient (Wildman–Crippen LogP) is 2.85. The quantitative estimate of drug-likeness (QED) is 0.787. The summed E-state index contributed by atoms with van der Waals surface area (Å²) in [6.45, 7) is 8.27. The fourth-order valence-electron chi connectivity index (χ4n) is 1.60. The van der Waals surface area contributed by atoms with Crippen LogP contribution in [0.3, 0.4) is 0 Å². The lowest BCUT2D eigenvalue weighted by atomic mass is 9.99. The summed E-state index contributed by atoms with van der Waals surface area (Å²) < 4.78 is 27.0. The van der Waals surface area contributed by atoms with E-state index in [9.17, 15) is 13.2 Å². The maximum absolute atomic E-state index is 12.2. The van der Waals surface area contributed by atoms with E-state index in [-0.39, 0.29) is 16.6 Å². The van der Waals surface area contributed by atoms with E-state index in [1.165, 1.54) is 12.1 Å². The van der Waals surface area contributed by atoms with E-state index in [4.69, 9.17) is 0 Å². The molecule has 112 valence electrons. The normalized spacial score (nSPS) is 13.4. The molecule has 0 radical (unpaired) electrons. The monoisotopic (exact) mass is 297 g/mol. The minimum Gasteiger partial charge on any atom is -0.294 e. The van der Waals surface area contributed by atoms with Crippen molar-refractivity contribution in [2.75, 3.05) is 6.54 Å². The van der Waals surface area contributed by atoms with Gasteiger partial charge in [-0.1, -0.05) is 39.8 Å². The third-order valence-corrected chi connectivity index (χ3v) is 4.94. The number of hydrogen-bond acceptors (Lipinski definition) is 3. The fourth-order valence-corrected chi connectivity index (χ4v) is 2.79. The summed E-state index contributed by atoms with van der Waals surface area (Å²) in [5.41, 5.74) is 0.437. The minimum atomic E-state index is -3.56. The van der Waals surface area contributed by atoms with Crippen LogP contribution in [-0.4, -0.2) is 20.7 Å². The smallest absolute Gasteiger partial charge is 0.240 e. The highest BCUT2D eigenvalue weighted by Gasteiger charge is 2.17. The second-order valence-electron chi connectivity index (χ2n) is 5.38. The molecule has 0 fully saturated rings. The standard InChI is InChI=1S/C15H23NO3S/c1-5-15(17)13-7-6-8-14(9-13)20(18,19)16-10-12(4)11(2)3/h6-9,11-12,16H,5,10H2,1-4H3. The van der Waals surface area contributed by atoms with Gasteiger partial charge in [0, 0.05) is 18.5 Å². The molecule has 5 heteroatoms. The van der Waals surface area contributed by atoms with Crippen molar-refractivity contribution in [3.8, 4) is 0 Å².